The lowest BCUT2D eigenvalue weighted by Gasteiger charge is -2.02. The second kappa shape index (κ2) is 8.56. The van der Waals surface area contributed by atoms with E-state index in [1.165, 1.54) is 22.7 Å². The molecule has 4 aromatic rings. The van der Waals surface area contributed by atoms with Gasteiger partial charge in [-0.05, 0) is 13.8 Å². The van der Waals surface area contributed by atoms with E-state index in [4.69, 9.17) is 0 Å². The van der Waals surface area contributed by atoms with Crippen LogP contribution in [0.3, 0.4) is 0 Å². The van der Waals surface area contributed by atoms with Gasteiger partial charge in [0, 0.05) is 21.9 Å². The Labute approximate surface area is 181 Å². The maximum atomic E-state index is 12.2. The molecule has 8 heteroatoms. The summed E-state index contributed by atoms with van der Waals surface area (Å²) in [6, 6.07) is 15.9. The number of carbonyl (C=O) groups is 2. The summed E-state index contributed by atoms with van der Waals surface area (Å²) in [7, 11) is 0. The molecule has 6 nitrogen and oxygen atoms in total. The molecule has 0 aliphatic rings. The zero-order chi connectivity index (χ0) is 21.1. The largest absolute Gasteiger partial charge is 0.315 e. The Balaban J connectivity index is 1.38. The Bertz CT molecular complexity index is 1100. The quantitative estimate of drug-likeness (QED) is 0.436. The zero-order valence-corrected chi connectivity index (χ0v) is 17.9. The Morgan fingerprint density at radius 1 is 0.667 bits per heavy atom. The van der Waals surface area contributed by atoms with E-state index in [1.807, 2.05) is 73.1 Å². The first-order chi connectivity index (χ1) is 14.5. The van der Waals surface area contributed by atoms with Gasteiger partial charge in [-0.15, -0.1) is 22.7 Å². The molecule has 0 spiro atoms. The molecule has 0 bridgehead atoms. The van der Waals surface area contributed by atoms with Gasteiger partial charge in [-0.1, -0.05) is 59.7 Å². The molecule has 2 aromatic carbocycles. The number of rotatable bonds is 4. The first-order valence-corrected chi connectivity index (χ1v) is 10.9. The second-order valence-corrected chi connectivity index (χ2v) is 8.43. The minimum atomic E-state index is -0.785. The van der Waals surface area contributed by atoms with Gasteiger partial charge in [-0.2, -0.15) is 0 Å². The molecule has 30 heavy (non-hydrogen) atoms. The molecule has 0 aliphatic heterocycles. The van der Waals surface area contributed by atoms with Crippen molar-refractivity contribution in [3.8, 4) is 22.5 Å². The van der Waals surface area contributed by atoms with Crippen LogP contribution in [-0.4, -0.2) is 21.8 Å². The Morgan fingerprint density at radius 2 is 1.03 bits per heavy atom. The summed E-state index contributed by atoms with van der Waals surface area (Å²) >= 11 is 2.53. The monoisotopic (exact) mass is 434 g/mol. The van der Waals surface area contributed by atoms with Crippen LogP contribution in [0.2, 0.25) is 0 Å². The molecule has 0 fully saturated rings. The van der Waals surface area contributed by atoms with Crippen molar-refractivity contribution in [3.63, 3.8) is 0 Å². The highest BCUT2D eigenvalue weighted by atomic mass is 32.1. The van der Waals surface area contributed by atoms with E-state index >= 15 is 0 Å². The lowest BCUT2D eigenvalue weighted by atomic mass is 10.1. The van der Waals surface area contributed by atoms with Crippen LogP contribution in [0.15, 0.2) is 59.3 Å². The summed E-state index contributed by atoms with van der Waals surface area (Å²) in [6.07, 6.45) is 0. The number of hydrogen-bond acceptors (Lipinski definition) is 6. The number of amides is 2. The summed E-state index contributed by atoms with van der Waals surface area (Å²) in [6.45, 7) is 4.03. The maximum Gasteiger partial charge on any atom is 0.315 e. The number of nitrogens with zero attached hydrogens (tertiary/aromatic N) is 2. The topological polar surface area (TPSA) is 84.0 Å². The summed E-state index contributed by atoms with van der Waals surface area (Å²) < 4.78 is 0. The fourth-order valence-corrected chi connectivity index (χ4v) is 4.11. The van der Waals surface area contributed by atoms with Crippen molar-refractivity contribution >= 4 is 44.8 Å². The maximum absolute atomic E-state index is 12.2. The predicted molar refractivity (Wildman–Crippen MR) is 122 cm³/mol. The van der Waals surface area contributed by atoms with Gasteiger partial charge in [0.2, 0.25) is 0 Å². The van der Waals surface area contributed by atoms with Crippen molar-refractivity contribution in [3.05, 3.63) is 70.4 Å². The molecule has 0 unspecified atom stereocenters. The highest BCUT2D eigenvalue weighted by Crippen LogP contribution is 2.26. The normalized spacial score (nSPS) is 10.6. The molecule has 4 rings (SSSR count). The van der Waals surface area contributed by atoms with Crippen molar-refractivity contribution < 1.29 is 9.59 Å². The average Bonchev–Trinajstić information content (AvgIpc) is 3.39. The molecule has 2 heterocycles. The van der Waals surface area contributed by atoms with Crippen LogP contribution in [0.5, 0.6) is 0 Å². The summed E-state index contributed by atoms with van der Waals surface area (Å²) in [5.74, 6) is -1.57. The van der Waals surface area contributed by atoms with Crippen LogP contribution in [0, 0.1) is 13.8 Å². The minimum Gasteiger partial charge on any atom is -0.294 e. The van der Waals surface area contributed by atoms with E-state index in [-0.39, 0.29) is 0 Å². The molecule has 0 aliphatic carbocycles. The van der Waals surface area contributed by atoms with Gasteiger partial charge < -0.3 is 0 Å². The second-order valence-electron chi connectivity index (χ2n) is 6.72. The Kier molecular flexibility index (Phi) is 5.69. The standard InChI is InChI=1S/C22H18N4O2S2/c1-13-3-7-15(8-4-13)17-11-29-21(23-17)25-19(27)20(28)26-22-24-18(12-30-22)16-9-5-14(2)6-10-16/h3-12H,1-2H3,(H,23,25,27)(H,24,26,28). The molecule has 0 saturated carbocycles. The van der Waals surface area contributed by atoms with E-state index in [9.17, 15) is 9.59 Å². The average molecular weight is 435 g/mol. The van der Waals surface area contributed by atoms with Crippen molar-refractivity contribution in [2.24, 2.45) is 0 Å². The van der Waals surface area contributed by atoms with Crippen LogP contribution in [0.4, 0.5) is 10.3 Å². The number of benzene rings is 2. The summed E-state index contributed by atoms with van der Waals surface area (Å²) in [5, 5.41) is 9.50. The van der Waals surface area contributed by atoms with Crippen molar-refractivity contribution in [1.29, 1.82) is 0 Å². The van der Waals surface area contributed by atoms with Gasteiger partial charge in [0.1, 0.15) is 0 Å². The van der Waals surface area contributed by atoms with Crippen LogP contribution in [0.25, 0.3) is 22.5 Å². The number of anilines is 2. The van der Waals surface area contributed by atoms with Gasteiger partial charge in [-0.3, -0.25) is 20.2 Å². The van der Waals surface area contributed by atoms with Crippen LogP contribution in [-0.2, 0) is 9.59 Å². The van der Waals surface area contributed by atoms with Crippen LogP contribution in [0.1, 0.15) is 11.1 Å². The first-order valence-electron chi connectivity index (χ1n) is 9.15. The smallest absolute Gasteiger partial charge is 0.294 e. The third-order valence-electron chi connectivity index (χ3n) is 4.35. The third-order valence-corrected chi connectivity index (χ3v) is 5.87. The van der Waals surface area contributed by atoms with E-state index in [0.717, 1.165) is 33.6 Å². The van der Waals surface area contributed by atoms with Crippen molar-refractivity contribution in [1.82, 2.24) is 9.97 Å². The predicted octanol–water partition coefficient (Wildman–Crippen LogP) is 5.13. The van der Waals surface area contributed by atoms with E-state index in [2.05, 4.69) is 20.6 Å². The first kappa shape index (κ1) is 19.9. The summed E-state index contributed by atoms with van der Waals surface area (Å²) in [5.41, 5.74) is 5.72. The third kappa shape index (κ3) is 4.61. The number of nitrogens with one attached hydrogen (secondary N) is 2. The van der Waals surface area contributed by atoms with E-state index < -0.39 is 11.8 Å². The molecule has 2 aromatic heterocycles. The van der Waals surface area contributed by atoms with Gasteiger partial charge >= 0.3 is 11.8 Å². The number of aryl methyl sites for hydroxylation is 2. The molecule has 150 valence electrons. The van der Waals surface area contributed by atoms with Gasteiger partial charge in [0.05, 0.1) is 11.4 Å². The van der Waals surface area contributed by atoms with Gasteiger partial charge in [0.25, 0.3) is 0 Å². The Morgan fingerprint density at radius 3 is 1.40 bits per heavy atom. The molecule has 0 atom stereocenters. The van der Waals surface area contributed by atoms with Crippen LogP contribution >= 0.6 is 22.7 Å². The number of aromatic nitrogens is 2. The number of hydrogen-bond donors (Lipinski definition) is 2. The zero-order valence-electron chi connectivity index (χ0n) is 16.3. The molecular weight excluding hydrogens is 416 g/mol. The molecule has 2 N–H and O–H groups in total. The molecule has 2 amide bonds. The van der Waals surface area contributed by atoms with Crippen molar-refractivity contribution in [2.75, 3.05) is 10.6 Å². The molecule has 0 radical (unpaired) electrons. The lowest BCUT2D eigenvalue weighted by molar-refractivity contribution is -0.132. The highest BCUT2D eigenvalue weighted by Gasteiger charge is 2.18. The van der Waals surface area contributed by atoms with Crippen LogP contribution < -0.4 is 10.6 Å². The lowest BCUT2D eigenvalue weighted by Crippen LogP contribution is -2.28. The van der Waals surface area contributed by atoms with Gasteiger partial charge in [0.15, 0.2) is 10.3 Å². The van der Waals surface area contributed by atoms with Gasteiger partial charge in [-0.25, -0.2) is 9.97 Å². The Hall–Kier alpha value is -3.36. The van der Waals surface area contributed by atoms with E-state index in [1.54, 1.807) is 0 Å². The van der Waals surface area contributed by atoms with E-state index in [0.29, 0.717) is 10.3 Å². The highest BCUT2D eigenvalue weighted by molar-refractivity contribution is 7.14. The SMILES string of the molecule is Cc1ccc(-c2csc(NC(=O)C(=O)Nc3nc(-c4ccc(C)cc4)cs3)n2)cc1. The fraction of sp³-hybridized carbons (Fsp3) is 0.0909. The van der Waals surface area contributed by atoms with Crippen molar-refractivity contribution in [2.45, 2.75) is 13.8 Å². The number of thiazole rings is 2. The fourth-order valence-electron chi connectivity index (χ4n) is 2.68. The number of carbonyl (C=O) groups excluding carboxylic acids is 2. The summed E-state index contributed by atoms with van der Waals surface area (Å²) in [4.78, 5) is 33.3. The molecule has 0 saturated heterocycles. The molecular formula is C22H18N4O2S2. The minimum absolute atomic E-state index is 0.366.